The lowest BCUT2D eigenvalue weighted by molar-refractivity contribution is -0.0766. The van der Waals surface area contributed by atoms with Gasteiger partial charge in [-0.1, -0.05) is 61.7 Å². The standard InChI is InChI=1S/C39H40N4O8.C37H36N4O7/c1-7-12-48-34-21(3)35-37(51-19-50-35)31-25(34)15-27-32-30-22(13-20(2)33(47-6)36(30)49-18-46-5)14-26(41(32)4)28(16-40)43(27)29(31)17-42-38(44)23-10-8-9-11-24(23)39(42)45;1-6-11-46-33-19(3)34-35(48-17-47-34)29-23(33)14-25-30-28-20(12-18(2)32(45-5)31(28)42)13-24(39(30)4)26(15-38)41(25)27(29)16-40-36(43)21-9-7-8-10-22(21)37(40)44/h7-11,13,26-29,32H,1,12,14-15,17-19H2,2-6H3;6-10,12,24-27,30,42H,1,11,13-14,16-17H2,2-5H3/t26-,27-,28-,29-,32-;24-,25-,26-,27-,30-/m00/s1. The van der Waals surface area contributed by atoms with E-state index in [4.69, 9.17) is 47.4 Å². The number of likely N-dealkylation sites (N-methyl/N-ethyl adjacent to an activating group) is 2. The number of methoxy groups -OCH3 is 3. The minimum atomic E-state index is -0.650. The van der Waals surface area contributed by atoms with Crippen molar-refractivity contribution in [3.8, 4) is 69.6 Å². The first-order chi connectivity index (χ1) is 48.0. The van der Waals surface area contributed by atoms with Crippen molar-refractivity contribution in [2.75, 3.05) is 82.1 Å². The summed E-state index contributed by atoms with van der Waals surface area (Å²) in [4.78, 5) is 67.0. The van der Waals surface area contributed by atoms with Crippen molar-refractivity contribution >= 4 is 23.6 Å². The van der Waals surface area contributed by atoms with Crippen LogP contribution in [0.1, 0.15) is 132 Å². The van der Waals surface area contributed by atoms with Gasteiger partial charge in [0.25, 0.3) is 23.6 Å². The Morgan fingerprint density at radius 3 is 1.34 bits per heavy atom. The fraction of sp³-hybridized carbons (Fsp3) is 0.395. The van der Waals surface area contributed by atoms with Gasteiger partial charge in [-0.25, -0.2) is 0 Å². The number of imide groups is 2. The van der Waals surface area contributed by atoms with Crippen molar-refractivity contribution in [1.82, 2.24) is 29.4 Å². The molecule has 10 atom stereocenters. The number of aromatic hydroxyl groups is 1. The van der Waals surface area contributed by atoms with E-state index in [1.54, 1.807) is 82.0 Å². The van der Waals surface area contributed by atoms with Crippen LogP contribution in [0.25, 0.3) is 0 Å². The molecule has 0 spiro atoms. The van der Waals surface area contributed by atoms with Crippen LogP contribution in [0.4, 0.5) is 0 Å². The molecule has 0 radical (unpaired) electrons. The number of amides is 4. The molecule has 16 rings (SSSR count). The van der Waals surface area contributed by atoms with Crippen LogP contribution < -0.4 is 42.6 Å². The summed E-state index contributed by atoms with van der Waals surface area (Å²) >= 11 is 0. The normalized spacial score (nSPS) is 24.7. The second-order valence-corrected chi connectivity index (χ2v) is 26.8. The molecule has 6 aromatic rings. The van der Waals surface area contributed by atoms with Crippen LogP contribution in [0.5, 0.6) is 57.5 Å². The van der Waals surface area contributed by atoms with Gasteiger partial charge in [-0.3, -0.25) is 48.6 Å². The second-order valence-electron chi connectivity index (χ2n) is 26.8. The molecule has 4 amide bonds. The number of piperazine rings is 2. The Labute approximate surface area is 573 Å². The highest BCUT2D eigenvalue weighted by Crippen LogP contribution is 2.62. The predicted octanol–water partition coefficient (Wildman–Crippen LogP) is 9.03. The molecule has 2 saturated heterocycles. The number of benzene rings is 6. The topological polar surface area (TPSA) is 248 Å². The van der Waals surface area contributed by atoms with Crippen LogP contribution in [0.3, 0.4) is 0 Å². The Bertz CT molecular complexity index is 4490. The van der Waals surface area contributed by atoms with Gasteiger partial charge in [0.2, 0.25) is 13.6 Å². The number of nitrogens with zero attached hydrogens (tertiary/aromatic N) is 8. The minimum Gasteiger partial charge on any atom is -0.504 e. The number of nitriles is 2. The van der Waals surface area contributed by atoms with Gasteiger partial charge in [-0.15, -0.1) is 0 Å². The van der Waals surface area contributed by atoms with E-state index < -0.39 is 24.2 Å². The predicted molar refractivity (Wildman–Crippen MR) is 358 cm³/mol. The third-order valence-electron chi connectivity index (χ3n) is 22.0. The summed E-state index contributed by atoms with van der Waals surface area (Å²) < 4.78 is 60.5. The number of ether oxygens (including phenoxy) is 10. The molecule has 0 aliphatic carbocycles. The molecule has 510 valence electrons. The summed E-state index contributed by atoms with van der Waals surface area (Å²) in [6.45, 7) is 16.0. The average molecular weight is 1340 g/mol. The Balaban J connectivity index is 0.000000162. The number of carbonyl (C=O) groups excluding carboxylic acids is 4. The molecule has 0 aromatic heterocycles. The van der Waals surface area contributed by atoms with Gasteiger partial charge in [0, 0.05) is 88.9 Å². The van der Waals surface area contributed by atoms with Crippen LogP contribution >= 0.6 is 0 Å². The molecule has 10 aliphatic rings. The first-order valence-electron chi connectivity index (χ1n) is 33.2. The molecule has 23 nitrogen and oxygen atoms in total. The molecule has 10 heterocycles. The maximum atomic E-state index is 13.9. The van der Waals surface area contributed by atoms with Crippen molar-refractivity contribution in [3.63, 3.8) is 0 Å². The fourth-order valence-corrected chi connectivity index (χ4v) is 18.1. The summed E-state index contributed by atoms with van der Waals surface area (Å²) in [7, 11) is 8.82. The lowest BCUT2D eigenvalue weighted by atomic mass is 9.71. The molecular weight excluding hydrogens is 1260 g/mol. The zero-order valence-corrected chi connectivity index (χ0v) is 56.6. The summed E-state index contributed by atoms with van der Waals surface area (Å²) in [5.41, 5.74) is 11.8. The molecule has 99 heavy (non-hydrogen) atoms. The van der Waals surface area contributed by atoms with Crippen LogP contribution in [0, 0.1) is 50.4 Å². The molecule has 10 aliphatic heterocycles. The van der Waals surface area contributed by atoms with Crippen LogP contribution in [-0.4, -0.2) is 176 Å². The van der Waals surface area contributed by atoms with E-state index >= 15 is 0 Å². The monoisotopic (exact) mass is 1340 g/mol. The lowest BCUT2D eigenvalue weighted by Crippen LogP contribution is -2.69. The zero-order valence-electron chi connectivity index (χ0n) is 56.6. The molecule has 2 fully saturated rings. The van der Waals surface area contributed by atoms with E-state index in [1.807, 2.05) is 34.7 Å². The Morgan fingerprint density at radius 1 is 0.535 bits per heavy atom. The van der Waals surface area contributed by atoms with Gasteiger partial charge >= 0.3 is 0 Å². The number of phenolic OH excluding ortho intramolecular Hbond substituents is 1. The Hall–Kier alpha value is -10.1. The molecule has 0 saturated carbocycles. The maximum absolute atomic E-state index is 13.9. The van der Waals surface area contributed by atoms with E-state index in [2.05, 4.69) is 64.1 Å². The van der Waals surface area contributed by atoms with Crippen molar-refractivity contribution < 1.29 is 71.7 Å². The van der Waals surface area contributed by atoms with Gasteiger partial charge < -0.3 is 52.5 Å². The SMILES string of the molecule is C=CCOc1c(C)c2c(c3c1C[C@H]1[C@H]4c5c(cc(C)c(OC)c5O)C[C@@H]([C@H](C#N)N1[C@H]3CN1C(=O)c3ccccc3C1=O)N4C)OCO2.C=CCOc1c(C)c2c(c3c1C[C@H]1[C@H]4c5c(cc(C)c(OC)c5OCOC)C[C@@H]([C@H](C#N)N1[C@H]3CN1C(=O)c3ccccc3C1=O)N4C)OCO2. The third kappa shape index (κ3) is 9.59. The third-order valence-corrected chi connectivity index (χ3v) is 22.0. The number of hydrogen-bond acceptors (Lipinski definition) is 21. The van der Waals surface area contributed by atoms with Crippen LogP contribution in [0.15, 0.2) is 86.0 Å². The Kier molecular flexibility index (Phi) is 16.4. The largest absolute Gasteiger partial charge is 0.504 e. The molecule has 4 bridgehead atoms. The van der Waals surface area contributed by atoms with Gasteiger partial charge in [-0.2, -0.15) is 10.5 Å². The summed E-state index contributed by atoms with van der Waals surface area (Å²) in [5.74, 6) is 3.70. The van der Waals surface area contributed by atoms with Gasteiger partial charge in [0.1, 0.15) is 36.8 Å². The first-order valence-corrected chi connectivity index (χ1v) is 33.2. The maximum Gasteiger partial charge on any atom is 0.261 e. The van der Waals surface area contributed by atoms with Gasteiger partial charge in [-0.05, 0) is 114 Å². The highest BCUT2D eigenvalue weighted by Gasteiger charge is 2.60. The van der Waals surface area contributed by atoms with E-state index in [9.17, 15) is 34.8 Å². The van der Waals surface area contributed by atoms with E-state index in [0.717, 1.165) is 66.8 Å². The molecule has 1 N–H and O–H groups in total. The van der Waals surface area contributed by atoms with Crippen molar-refractivity contribution in [3.05, 3.63) is 175 Å². The quantitative estimate of drug-likeness (QED) is 0.0572. The summed E-state index contributed by atoms with van der Waals surface area (Å²) in [6.07, 6.45) is 5.37. The fourth-order valence-electron chi connectivity index (χ4n) is 18.1. The lowest BCUT2D eigenvalue weighted by Gasteiger charge is -2.60. The number of rotatable bonds is 15. The smallest absolute Gasteiger partial charge is 0.261 e. The number of carbonyl (C=O) groups is 4. The highest BCUT2D eigenvalue weighted by molar-refractivity contribution is 6.22. The first kappa shape index (κ1) is 64.8. The Morgan fingerprint density at radius 2 is 0.939 bits per heavy atom. The minimum absolute atomic E-state index is 0.00590. The van der Waals surface area contributed by atoms with Crippen molar-refractivity contribution in [2.45, 2.75) is 114 Å². The van der Waals surface area contributed by atoms with Crippen LogP contribution in [-0.2, 0) is 30.4 Å². The summed E-state index contributed by atoms with van der Waals surface area (Å²) in [5, 5.41) is 33.8. The number of fused-ring (bicyclic) bond motifs is 20. The van der Waals surface area contributed by atoms with E-state index in [0.29, 0.717) is 99.7 Å². The van der Waals surface area contributed by atoms with Gasteiger partial charge in [0.15, 0.2) is 52.8 Å². The second kappa shape index (κ2) is 25.0. The van der Waals surface area contributed by atoms with Crippen LogP contribution in [0.2, 0.25) is 0 Å². The van der Waals surface area contributed by atoms with Crippen molar-refractivity contribution in [1.29, 1.82) is 10.5 Å². The zero-order chi connectivity index (χ0) is 69.3. The number of phenols is 1. The van der Waals surface area contributed by atoms with E-state index in [-0.39, 0.29) is 112 Å². The number of aryl methyl sites for hydroxylation is 2. The van der Waals surface area contributed by atoms with Crippen molar-refractivity contribution in [2.24, 2.45) is 0 Å². The van der Waals surface area contributed by atoms with E-state index in [1.165, 1.54) is 9.80 Å². The molecule has 6 aromatic carbocycles. The summed E-state index contributed by atoms with van der Waals surface area (Å²) in [6, 6.07) is 18.9. The molecule has 0 unspecified atom stereocenters. The average Bonchev–Trinajstić information content (AvgIpc) is 1.40. The number of hydrogen-bond donors (Lipinski definition) is 1. The highest BCUT2D eigenvalue weighted by atomic mass is 16.7. The van der Waals surface area contributed by atoms with Gasteiger partial charge in [0.05, 0.1) is 72.8 Å². The molecule has 23 heteroatoms. The molecular formula is C76H76N8O15.